The Morgan fingerprint density at radius 2 is 1.96 bits per heavy atom. The Morgan fingerprint density at radius 1 is 1.15 bits per heavy atom. The fourth-order valence-corrected chi connectivity index (χ4v) is 2.61. The molecule has 0 radical (unpaired) electrons. The van der Waals surface area contributed by atoms with Gasteiger partial charge in [-0.2, -0.15) is 0 Å². The summed E-state index contributed by atoms with van der Waals surface area (Å²) < 4.78 is 26.1. The summed E-state index contributed by atoms with van der Waals surface area (Å²) in [6.45, 7) is 1.12. The van der Waals surface area contributed by atoms with E-state index in [1.165, 1.54) is 19.4 Å². The van der Waals surface area contributed by atoms with Crippen molar-refractivity contribution in [1.82, 2.24) is 0 Å². The summed E-state index contributed by atoms with van der Waals surface area (Å²) in [6.07, 6.45) is 3.55. The molecule has 0 aliphatic carbocycles. The second kappa shape index (κ2) is 8.53. The SMILES string of the molecule is COC(=O)c1ccoc1COC(=O)c1ccc(OCC2CCCO2)cc1. The van der Waals surface area contributed by atoms with Gasteiger partial charge in [0, 0.05) is 6.61 Å². The number of rotatable bonds is 7. The van der Waals surface area contributed by atoms with Crippen molar-refractivity contribution in [2.75, 3.05) is 20.3 Å². The standard InChI is InChI=1S/C19H20O7/c1-22-19(21)16-8-10-24-17(16)12-26-18(20)13-4-6-14(7-5-13)25-11-15-3-2-9-23-15/h4-8,10,15H,2-3,9,11-12H2,1H3. The van der Waals surface area contributed by atoms with Crippen LogP contribution in [0.1, 0.15) is 39.3 Å². The van der Waals surface area contributed by atoms with E-state index in [9.17, 15) is 9.59 Å². The van der Waals surface area contributed by atoms with Gasteiger partial charge in [0.1, 0.15) is 17.9 Å². The lowest BCUT2D eigenvalue weighted by Gasteiger charge is -2.11. The van der Waals surface area contributed by atoms with Crippen LogP contribution in [-0.2, 0) is 20.8 Å². The van der Waals surface area contributed by atoms with Gasteiger partial charge in [-0.1, -0.05) is 0 Å². The highest BCUT2D eigenvalue weighted by molar-refractivity contribution is 5.91. The Balaban J connectivity index is 1.51. The summed E-state index contributed by atoms with van der Waals surface area (Å²) in [5.74, 6) is -0.168. The molecule has 0 spiro atoms. The van der Waals surface area contributed by atoms with E-state index in [-0.39, 0.29) is 24.0 Å². The van der Waals surface area contributed by atoms with E-state index in [1.54, 1.807) is 24.3 Å². The van der Waals surface area contributed by atoms with Crippen molar-refractivity contribution in [2.24, 2.45) is 0 Å². The largest absolute Gasteiger partial charge is 0.491 e. The highest BCUT2D eigenvalue weighted by atomic mass is 16.5. The molecule has 0 bridgehead atoms. The van der Waals surface area contributed by atoms with Crippen LogP contribution in [0.5, 0.6) is 5.75 Å². The molecule has 1 atom stereocenters. The molecule has 1 aliphatic heterocycles. The highest BCUT2D eigenvalue weighted by Crippen LogP contribution is 2.18. The zero-order chi connectivity index (χ0) is 18.4. The number of esters is 2. The van der Waals surface area contributed by atoms with Crippen LogP contribution in [0.25, 0.3) is 0 Å². The maximum absolute atomic E-state index is 12.1. The van der Waals surface area contributed by atoms with E-state index in [2.05, 4.69) is 4.74 Å². The molecule has 3 rings (SSSR count). The fourth-order valence-electron chi connectivity index (χ4n) is 2.61. The van der Waals surface area contributed by atoms with Crippen LogP contribution in [0, 0.1) is 0 Å². The van der Waals surface area contributed by atoms with Gasteiger partial charge < -0.3 is 23.4 Å². The number of benzene rings is 1. The van der Waals surface area contributed by atoms with Gasteiger partial charge in [-0.05, 0) is 43.2 Å². The van der Waals surface area contributed by atoms with Crippen LogP contribution in [0.3, 0.4) is 0 Å². The zero-order valence-electron chi connectivity index (χ0n) is 14.4. The number of ether oxygens (including phenoxy) is 4. The minimum Gasteiger partial charge on any atom is -0.491 e. The maximum atomic E-state index is 12.1. The fraction of sp³-hybridized carbons (Fsp3) is 0.368. The van der Waals surface area contributed by atoms with Crippen LogP contribution >= 0.6 is 0 Å². The first-order valence-corrected chi connectivity index (χ1v) is 8.33. The van der Waals surface area contributed by atoms with Gasteiger partial charge in [-0.25, -0.2) is 9.59 Å². The Hall–Kier alpha value is -2.80. The van der Waals surface area contributed by atoms with Crippen molar-refractivity contribution < 1.29 is 33.0 Å². The van der Waals surface area contributed by atoms with E-state index in [0.717, 1.165) is 19.4 Å². The normalized spacial score (nSPS) is 16.3. The molecular formula is C19H20O7. The smallest absolute Gasteiger partial charge is 0.341 e. The molecule has 0 saturated carbocycles. The van der Waals surface area contributed by atoms with Gasteiger partial charge in [-0.15, -0.1) is 0 Å². The first kappa shape index (κ1) is 18.0. The quantitative estimate of drug-likeness (QED) is 0.702. The molecule has 1 unspecified atom stereocenters. The molecule has 26 heavy (non-hydrogen) atoms. The molecule has 2 heterocycles. The summed E-state index contributed by atoms with van der Waals surface area (Å²) >= 11 is 0. The average molecular weight is 360 g/mol. The third-order valence-corrected chi connectivity index (χ3v) is 4.03. The van der Waals surface area contributed by atoms with Crippen molar-refractivity contribution in [3.63, 3.8) is 0 Å². The number of furan rings is 1. The number of carbonyl (C=O) groups is 2. The molecular weight excluding hydrogens is 340 g/mol. The molecule has 0 amide bonds. The first-order valence-electron chi connectivity index (χ1n) is 8.33. The van der Waals surface area contributed by atoms with Crippen LogP contribution in [0.4, 0.5) is 0 Å². The van der Waals surface area contributed by atoms with Crippen molar-refractivity contribution in [3.8, 4) is 5.75 Å². The first-order chi connectivity index (χ1) is 12.7. The van der Waals surface area contributed by atoms with Gasteiger partial charge in [0.05, 0.1) is 25.0 Å². The monoisotopic (exact) mass is 360 g/mol. The van der Waals surface area contributed by atoms with Crippen molar-refractivity contribution in [3.05, 3.63) is 53.5 Å². The molecule has 138 valence electrons. The summed E-state index contributed by atoms with van der Waals surface area (Å²) in [7, 11) is 1.27. The van der Waals surface area contributed by atoms with Crippen molar-refractivity contribution >= 4 is 11.9 Å². The Kier molecular flexibility index (Phi) is 5.91. The topological polar surface area (TPSA) is 84.2 Å². The van der Waals surface area contributed by atoms with Crippen LogP contribution < -0.4 is 4.74 Å². The third-order valence-electron chi connectivity index (χ3n) is 4.03. The Labute approximate surface area is 150 Å². The number of methoxy groups -OCH3 is 1. The molecule has 1 saturated heterocycles. The molecule has 1 fully saturated rings. The summed E-state index contributed by atoms with van der Waals surface area (Å²) in [4.78, 5) is 23.7. The second-order valence-electron chi connectivity index (χ2n) is 5.80. The van der Waals surface area contributed by atoms with E-state index >= 15 is 0 Å². The van der Waals surface area contributed by atoms with Gasteiger partial charge in [0.2, 0.25) is 0 Å². The maximum Gasteiger partial charge on any atom is 0.341 e. The van der Waals surface area contributed by atoms with Gasteiger partial charge >= 0.3 is 11.9 Å². The lowest BCUT2D eigenvalue weighted by molar-refractivity contribution is 0.0432. The molecule has 2 aromatic rings. The second-order valence-corrected chi connectivity index (χ2v) is 5.80. The van der Waals surface area contributed by atoms with E-state index < -0.39 is 11.9 Å². The molecule has 1 aromatic heterocycles. The molecule has 7 heteroatoms. The predicted molar refractivity (Wildman–Crippen MR) is 90.1 cm³/mol. The lowest BCUT2D eigenvalue weighted by Crippen LogP contribution is -2.16. The van der Waals surface area contributed by atoms with Crippen molar-refractivity contribution in [2.45, 2.75) is 25.6 Å². The number of hydrogen-bond acceptors (Lipinski definition) is 7. The van der Waals surface area contributed by atoms with Crippen LogP contribution in [0.2, 0.25) is 0 Å². The zero-order valence-corrected chi connectivity index (χ0v) is 14.4. The Morgan fingerprint density at radius 3 is 2.65 bits per heavy atom. The highest BCUT2D eigenvalue weighted by Gasteiger charge is 2.18. The number of carbonyl (C=O) groups excluding carboxylic acids is 2. The molecule has 1 aliphatic rings. The van der Waals surface area contributed by atoms with Crippen LogP contribution in [-0.4, -0.2) is 38.4 Å². The third kappa shape index (κ3) is 4.43. The van der Waals surface area contributed by atoms with Gasteiger partial charge in [0.25, 0.3) is 0 Å². The molecule has 0 N–H and O–H groups in total. The lowest BCUT2D eigenvalue weighted by atomic mass is 10.2. The molecule has 7 nitrogen and oxygen atoms in total. The molecule has 1 aromatic carbocycles. The van der Waals surface area contributed by atoms with E-state index in [0.29, 0.717) is 17.9 Å². The minimum absolute atomic E-state index is 0.136. The minimum atomic E-state index is -0.544. The van der Waals surface area contributed by atoms with E-state index in [1.807, 2.05) is 0 Å². The summed E-state index contributed by atoms with van der Waals surface area (Å²) in [5.41, 5.74) is 0.610. The Bertz CT molecular complexity index is 742. The van der Waals surface area contributed by atoms with E-state index in [4.69, 9.17) is 18.6 Å². The van der Waals surface area contributed by atoms with Crippen molar-refractivity contribution in [1.29, 1.82) is 0 Å². The summed E-state index contributed by atoms with van der Waals surface area (Å²) in [6, 6.07) is 8.12. The number of hydrogen-bond donors (Lipinski definition) is 0. The van der Waals surface area contributed by atoms with Gasteiger partial charge in [0.15, 0.2) is 12.4 Å². The average Bonchev–Trinajstić information content (AvgIpc) is 3.36. The predicted octanol–water partition coefficient (Wildman–Crippen LogP) is 2.98. The van der Waals surface area contributed by atoms with Gasteiger partial charge in [-0.3, -0.25) is 0 Å². The van der Waals surface area contributed by atoms with Crippen LogP contribution in [0.15, 0.2) is 41.0 Å². The summed E-state index contributed by atoms with van der Waals surface area (Å²) in [5, 5.41) is 0.